The Balaban J connectivity index is 0.0000314. The Morgan fingerprint density at radius 2 is 1.36 bits per heavy atom. The molecule has 616 valence electrons. The average Bonchev–Trinajstić information content (AvgIpc) is 1.36. The maximum atomic E-state index is 14.9. The summed E-state index contributed by atoms with van der Waals surface area (Å²) in [7, 11) is 4.80. The number of unbranched alkanes of at least 4 members (excludes halogenated alkanes) is 1. The minimum absolute atomic E-state index is 0. The van der Waals surface area contributed by atoms with E-state index in [1.54, 1.807) is 63.4 Å². The van der Waals surface area contributed by atoms with Crippen molar-refractivity contribution >= 4 is 87.6 Å². The normalized spacial score (nSPS) is 16.3. The molecule has 2 heterocycles. The molecule has 0 unspecified atom stereocenters. The van der Waals surface area contributed by atoms with Crippen molar-refractivity contribution in [3.63, 3.8) is 0 Å². The highest BCUT2D eigenvalue weighted by Crippen LogP contribution is 2.35. The highest BCUT2D eigenvalue weighted by atomic mass is 32.1. The number of benzene rings is 2. The third kappa shape index (κ3) is 31.8. The van der Waals surface area contributed by atoms with Gasteiger partial charge in [0.1, 0.15) is 18.2 Å². The van der Waals surface area contributed by atoms with Crippen molar-refractivity contribution < 1.29 is 71.7 Å². The number of aromatic nitrogens is 1. The molecule has 12 atom stereocenters. The molecule has 1 aliphatic rings. The lowest BCUT2D eigenvalue weighted by atomic mass is 9.83. The number of carbonyl (C=O) groups is 12. The van der Waals surface area contributed by atoms with Crippen molar-refractivity contribution in [3.05, 3.63) is 82.3 Å². The van der Waals surface area contributed by atoms with Crippen LogP contribution < -0.4 is 37.6 Å². The van der Waals surface area contributed by atoms with Gasteiger partial charge in [0.05, 0.1) is 53.3 Å². The number of hydrogen-bond acceptors (Lipinski definition) is 18. The van der Waals surface area contributed by atoms with Gasteiger partial charge in [-0.25, -0.2) is 14.6 Å². The third-order valence-corrected chi connectivity index (χ3v) is 21.8. The smallest absolute Gasteiger partial charge is 0.408 e. The van der Waals surface area contributed by atoms with Gasteiger partial charge in [-0.1, -0.05) is 132 Å². The fraction of sp³-hybridized carbons (Fsp3) is 0.679. The Morgan fingerprint density at radius 3 is 1.93 bits per heavy atom. The van der Waals surface area contributed by atoms with Gasteiger partial charge in [0.2, 0.25) is 29.5 Å². The summed E-state index contributed by atoms with van der Waals surface area (Å²) in [6, 6.07) is 13.3. The molecule has 26 heteroatoms. The zero-order chi connectivity index (χ0) is 81.7. The molecule has 0 radical (unpaired) electrons. The monoisotopic (exact) mass is 1550 g/mol. The molecule has 2 aromatic carbocycles. The van der Waals surface area contributed by atoms with Crippen LogP contribution in [0, 0.1) is 46.8 Å². The lowest BCUT2D eigenvalue weighted by Gasteiger charge is -2.41. The standard InChI is InChI=1S/C83H130N10O15S.CH4/c1-20-53(6)72(67(106-18)49-70(99)93-42-27-32-64(93)73(107-19)55(8)65(95)47-60(77-86-41-43-109-77)45-56-28-22-21-23-29-56)92(17)78(103)62(51(2)3)48-68(97)83(15,16)91-80(105)108-50-57-33-35-61(36-34-57)88-75(101)59(31-26-40-87-79(84)104)46-66(96)71(52(4)5)89-76(102)58(44-54(7)94)30-24-25-39-85-69(98)38-37-63(90-82(12,13)14)74(100)81(9,10)11;/h21-23,28-29,33-36,41,43,51-53,55,58-60,62-64,67,71-73,90H,20,24-27,30-32,37-40,42,44-50H2,1-19H3,(H,85,98)(H,88,101)(H,89,102)(H,91,105)(H3,84,87,104);1H4/t53-,55-,58+,59+,60+,62-,63+,64-,67+,71-,72-,73+;/m0./s1. The van der Waals surface area contributed by atoms with Crippen LogP contribution >= 0.6 is 11.3 Å². The Kier molecular flexibility index (Phi) is 40.5. The predicted molar refractivity (Wildman–Crippen MR) is 431 cm³/mol. The number of likely N-dealkylation sites (tertiary alicyclic amines) is 1. The number of alkyl carbamates (subject to hydrolysis) is 1. The summed E-state index contributed by atoms with van der Waals surface area (Å²) in [5, 5.41) is 20.0. The van der Waals surface area contributed by atoms with Gasteiger partial charge >= 0.3 is 12.1 Å². The van der Waals surface area contributed by atoms with Crippen LogP contribution in [0.25, 0.3) is 0 Å². The first-order valence-corrected chi connectivity index (χ1v) is 39.9. The van der Waals surface area contributed by atoms with Crippen LogP contribution in [0.4, 0.5) is 15.3 Å². The first kappa shape index (κ1) is 96.4. The second-order valence-corrected chi connectivity index (χ2v) is 34.0. The fourth-order valence-corrected chi connectivity index (χ4v) is 15.1. The van der Waals surface area contributed by atoms with Crippen LogP contribution in [-0.2, 0) is 75.2 Å². The number of urea groups is 1. The molecule has 0 saturated carbocycles. The fourth-order valence-electron chi connectivity index (χ4n) is 14.4. The van der Waals surface area contributed by atoms with Crippen LogP contribution in [0.2, 0.25) is 0 Å². The summed E-state index contributed by atoms with van der Waals surface area (Å²) < 4.78 is 17.9. The van der Waals surface area contributed by atoms with Gasteiger partial charge in [-0.15, -0.1) is 11.3 Å². The van der Waals surface area contributed by atoms with E-state index in [2.05, 4.69) is 49.0 Å². The van der Waals surface area contributed by atoms with E-state index in [9.17, 15) is 57.5 Å². The van der Waals surface area contributed by atoms with E-state index in [1.807, 2.05) is 105 Å². The van der Waals surface area contributed by atoms with Crippen LogP contribution in [0.3, 0.4) is 0 Å². The molecular weight excluding hydrogens is 1420 g/mol. The number of ketones is 5. The minimum Gasteiger partial charge on any atom is -0.445 e. The molecule has 0 aliphatic carbocycles. The molecule has 110 heavy (non-hydrogen) atoms. The molecule has 1 saturated heterocycles. The summed E-state index contributed by atoms with van der Waals surface area (Å²) in [6.07, 6.45) is 4.09. The topological polar surface area (TPSA) is 350 Å². The largest absolute Gasteiger partial charge is 0.445 e. The van der Waals surface area contributed by atoms with E-state index in [-0.39, 0.29) is 136 Å². The SMILES string of the molecule is C.CC[C@H](C)[C@@H]([C@@H](CC(=O)N1CCC[C@H]1[C@H](OC)[C@@H](C)C(=O)C[C@@H](Cc1ccccc1)c1nccs1)OC)N(C)C(=O)[C@@H](CC(=O)C(C)(C)NC(=O)OCc1ccc(NC(=O)[C@H](CCCNC(N)=O)CC(=O)[C@@H](NC(=O)[C@H](CCCCNC(=O)CC[C@@H](NC(C)(C)C)C(=O)C(C)(C)C)CC(C)=O)C(C)C)cc1)C(C)C. The molecule has 8 amide bonds. The van der Waals surface area contributed by atoms with Gasteiger partial charge in [-0.05, 0) is 134 Å². The van der Waals surface area contributed by atoms with E-state index >= 15 is 0 Å². The maximum Gasteiger partial charge on any atom is 0.408 e. The molecule has 1 fully saturated rings. The number of primary amides is 1. The molecule has 4 rings (SSSR count). The molecule has 1 aromatic heterocycles. The van der Waals surface area contributed by atoms with Crippen LogP contribution in [0.15, 0.2) is 66.2 Å². The Morgan fingerprint density at radius 1 is 0.727 bits per heavy atom. The van der Waals surface area contributed by atoms with Gasteiger partial charge in [-0.3, -0.25) is 43.2 Å². The van der Waals surface area contributed by atoms with E-state index in [0.717, 1.165) is 17.0 Å². The van der Waals surface area contributed by atoms with Crippen LogP contribution in [0.1, 0.15) is 237 Å². The Labute approximate surface area is 659 Å². The van der Waals surface area contributed by atoms with Crippen molar-refractivity contribution in [2.45, 2.75) is 281 Å². The summed E-state index contributed by atoms with van der Waals surface area (Å²) in [6.45, 7) is 29.7. The number of rotatable bonds is 48. The van der Waals surface area contributed by atoms with Crippen LogP contribution in [-0.4, -0.2) is 174 Å². The highest BCUT2D eigenvalue weighted by Gasteiger charge is 2.45. The van der Waals surface area contributed by atoms with E-state index in [1.165, 1.54) is 39.2 Å². The van der Waals surface area contributed by atoms with Crippen molar-refractivity contribution in [2.24, 2.45) is 52.6 Å². The van der Waals surface area contributed by atoms with Gasteiger partial charge in [-0.2, -0.15) is 0 Å². The number of ether oxygens (including phenoxy) is 3. The van der Waals surface area contributed by atoms with Crippen molar-refractivity contribution in [2.75, 3.05) is 46.2 Å². The second-order valence-electron chi connectivity index (χ2n) is 33.1. The maximum absolute atomic E-state index is 14.9. The van der Waals surface area contributed by atoms with Gasteiger partial charge in [0, 0.05) is 131 Å². The van der Waals surface area contributed by atoms with E-state index in [0.29, 0.717) is 69.3 Å². The number of carbonyl (C=O) groups excluding carboxylic acids is 12. The van der Waals surface area contributed by atoms with Gasteiger partial charge in [0.15, 0.2) is 17.3 Å². The van der Waals surface area contributed by atoms with Crippen LogP contribution in [0.5, 0.6) is 0 Å². The summed E-state index contributed by atoms with van der Waals surface area (Å²) in [5.74, 6) is -6.72. The molecule has 1 aliphatic heterocycles. The van der Waals surface area contributed by atoms with Gasteiger partial charge < -0.3 is 66.4 Å². The number of hydrogen-bond donors (Lipinski definition) is 7. The summed E-state index contributed by atoms with van der Waals surface area (Å²) in [5.41, 5.74) is 4.89. The van der Waals surface area contributed by atoms with E-state index < -0.39 is 106 Å². The Bertz CT molecular complexity index is 3450. The lowest BCUT2D eigenvalue weighted by Crippen LogP contribution is -2.55. The number of nitrogens with one attached hydrogen (secondary N) is 6. The van der Waals surface area contributed by atoms with Gasteiger partial charge in [0.25, 0.3) is 0 Å². The average molecular weight is 1560 g/mol. The number of thiazole rings is 1. The molecule has 0 spiro atoms. The number of Topliss-reactive ketones (excluding diaryl/α,β-unsaturated/α-hetero) is 5. The molecule has 8 N–H and O–H groups in total. The number of nitrogens with two attached hydrogens (primary N) is 1. The predicted octanol–water partition coefficient (Wildman–Crippen LogP) is 12.1. The number of amides is 8. The molecular formula is C84H134N10O15S. The zero-order valence-electron chi connectivity index (χ0n) is 68.5. The number of likely N-dealkylation sites (N-methyl/N-ethyl adjacent to an activating group) is 1. The van der Waals surface area contributed by atoms with Crippen molar-refractivity contribution in [1.82, 2.24) is 41.4 Å². The zero-order valence-corrected chi connectivity index (χ0v) is 69.3. The quantitative estimate of drug-likeness (QED) is 0.0258. The molecule has 3 aromatic rings. The lowest BCUT2D eigenvalue weighted by molar-refractivity contribution is -0.149. The second kappa shape index (κ2) is 46.3. The van der Waals surface area contributed by atoms with Crippen molar-refractivity contribution in [3.8, 4) is 0 Å². The number of anilines is 1. The first-order chi connectivity index (χ1) is 51.1. The number of methoxy groups -OCH3 is 2. The highest BCUT2D eigenvalue weighted by molar-refractivity contribution is 7.09. The minimum atomic E-state index is -1.49. The summed E-state index contributed by atoms with van der Waals surface area (Å²) >= 11 is 1.53. The summed E-state index contributed by atoms with van der Waals surface area (Å²) in [4.78, 5) is 172. The molecule has 25 nitrogen and oxygen atoms in total. The van der Waals surface area contributed by atoms with Crippen molar-refractivity contribution in [1.29, 1.82) is 0 Å². The first-order valence-electron chi connectivity index (χ1n) is 39.0. The number of nitrogens with zero attached hydrogens (tertiary/aromatic N) is 3. The Hall–Kier alpha value is -7.81. The third-order valence-electron chi connectivity index (χ3n) is 20.8. The molecule has 0 bridgehead atoms. The van der Waals surface area contributed by atoms with E-state index in [4.69, 9.17) is 19.9 Å².